The molecule has 4 nitrogen and oxygen atoms in total. The van der Waals surface area contributed by atoms with Crippen LogP contribution in [0.3, 0.4) is 0 Å². The third-order valence-electron chi connectivity index (χ3n) is 14.3. The van der Waals surface area contributed by atoms with Gasteiger partial charge in [-0.3, -0.25) is 9.78 Å². The minimum atomic E-state index is -0.575. The average Bonchev–Trinajstić information content (AvgIpc) is 3.30. The average molecular weight is 546 g/mol. The molecule has 0 radical (unpaired) electrons. The van der Waals surface area contributed by atoms with E-state index in [2.05, 4.69) is 65.2 Å². The molecule has 40 heavy (non-hydrogen) atoms. The van der Waals surface area contributed by atoms with Gasteiger partial charge >= 0.3 is 5.97 Å². The van der Waals surface area contributed by atoms with Crippen LogP contribution in [0.2, 0.25) is 0 Å². The first kappa shape index (κ1) is 28.2. The lowest BCUT2D eigenvalue weighted by atomic mass is 9.32. The smallest absolute Gasteiger partial charge is 0.309 e. The number of carboxylic acid groups (broad SMARTS) is 1. The molecule has 0 aliphatic heterocycles. The Balaban J connectivity index is 1.42. The van der Waals surface area contributed by atoms with Crippen molar-refractivity contribution < 1.29 is 15.0 Å². The molecule has 0 bridgehead atoms. The highest BCUT2D eigenvalue weighted by Gasteiger charge is 2.72. The molecule has 0 spiro atoms. The molecule has 0 amide bonds. The summed E-state index contributed by atoms with van der Waals surface area (Å²) in [6.45, 7) is 18.8. The fourth-order valence-electron chi connectivity index (χ4n) is 12.4. The van der Waals surface area contributed by atoms with Crippen molar-refractivity contribution in [3.8, 4) is 0 Å². The van der Waals surface area contributed by atoms with E-state index in [0.29, 0.717) is 23.7 Å². The number of nitrogens with zero attached hydrogens (tertiary/aromatic N) is 1. The molecule has 10 atom stereocenters. The number of hydrogen-bond acceptors (Lipinski definition) is 3. The van der Waals surface area contributed by atoms with Gasteiger partial charge in [0, 0.05) is 12.4 Å². The molecule has 4 heteroatoms. The molecule has 6 rings (SSSR count). The molecule has 5 saturated carbocycles. The summed E-state index contributed by atoms with van der Waals surface area (Å²) in [6.07, 6.45) is 14.6. The van der Waals surface area contributed by atoms with Crippen molar-refractivity contribution in [2.45, 2.75) is 105 Å². The second-order valence-corrected chi connectivity index (χ2v) is 16.1. The second-order valence-electron chi connectivity index (χ2n) is 16.1. The van der Waals surface area contributed by atoms with Crippen LogP contribution in [0, 0.1) is 56.7 Å². The summed E-state index contributed by atoms with van der Waals surface area (Å²) in [6, 6.07) is 4.06. The Bertz CT molecular complexity index is 1240. The number of carboxylic acids is 1. The van der Waals surface area contributed by atoms with Crippen LogP contribution in [0.4, 0.5) is 0 Å². The van der Waals surface area contributed by atoms with Crippen molar-refractivity contribution in [3.05, 3.63) is 47.8 Å². The summed E-state index contributed by atoms with van der Waals surface area (Å²) < 4.78 is 0. The van der Waals surface area contributed by atoms with Gasteiger partial charge in [0.05, 0.1) is 11.5 Å². The van der Waals surface area contributed by atoms with Crippen LogP contribution in [0.15, 0.2) is 42.3 Å². The number of rotatable bonds is 3. The molecular formula is C36H51NO3. The summed E-state index contributed by atoms with van der Waals surface area (Å²) in [5.41, 5.74) is 2.96. The zero-order chi connectivity index (χ0) is 28.9. The van der Waals surface area contributed by atoms with E-state index >= 15 is 0 Å². The van der Waals surface area contributed by atoms with Crippen molar-refractivity contribution in [3.63, 3.8) is 0 Å². The zero-order valence-corrected chi connectivity index (χ0v) is 25.7. The third kappa shape index (κ3) is 3.53. The van der Waals surface area contributed by atoms with Crippen molar-refractivity contribution in [1.29, 1.82) is 0 Å². The number of hydrogen-bond donors (Lipinski definition) is 2. The summed E-state index contributed by atoms with van der Waals surface area (Å²) in [5.74, 6) is 1.40. The SMILES string of the molecule is C=C(C)[C@@H]1CC[C@]2(C(=O)O)CC[C@]3(C)[C@H](CC[C@@H]4[C@@]5(C)C/C(=C\c6cccnc6)[C@H](O)C(C)(C)[C@@H]5CC[C@]43C)[C@@H]12. The summed E-state index contributed by atoms with van der Waals surface area (Å²) in [4.78, 5) is 17.3. The van der Waals surface area contributed by atoms with E-state index < -0.39 is 17.5 Å². The molecule has 0 aromatic carbocycles. The highest BCUT2D eigenvalue weighted by Crippen LogP contribution is 2.77. The third-order valence-corrected chi connectivity index (χ3v) is 14.3. The van der Waals surface area contributed by atoms with Crippen LogP contribution in [-0.2, 0) is 4.79 Å². The van der Waals surface area contributed by atoms with Crippen LogP contribution in [0.25, 0.3) is 6.08 Å². The predicted molar refractivity (Wildman–Crippen MR) is 160 cm³/mol. The molecule has 218 valence electrons. The van der Waals surface area contributed by atoms with Gasteiger partial charge in [0.1, 0.15) is 0 Å². The Kier molecular flexibility index (Phi) is 6.36. The number of allylic oxidation sites excluding steroid dienone is 1. The molecule has 5 fully saturated rings. The number of aromatic nitrogens is 1. The summed E-state index contributed by atoms with van der Waals surface area (Å²) in [7, 11) is 0. The second kappa shape index (κ2) is 9.03. The minimum Gasteiger partial charge on any atom is -0.481 e. The van der Waals surface area contributed by atoms with Crippen molar-refractivity contribution in [1.82, 2.24) is 4.98 Å². The molecule has 1 heterocycles. The van der Waals surface area contributed by atoms with Gasteiger partial charge in [-0.15, -0.1) is 0 Å². The van der Waals surface area contributed by atoms with Crippen LogP contribution >= 0.6 is 0 Å². The lowest BCUT2D eigenvalue weighted by Crippen LogP contribution is -2.67. The number of aliphatic hydroxyl groups is 1. The van der Waals surface area contributed by atoms with Crippen LogP contribution in [0.5, 0.6) is 0 Å². The summed E-state index contributed by atoms with van der Waals surface area (Å²) in [5, 5.41) is 22.4. The van der Waals surface area contributed by atoms with Gasteiger partial charge in [-0.2, -0.15) is 0 Å². The van der Waals surface area contributed by atoms with Crippen LogP contribution < -0.4 is 0 Å². The Morgan fingerprint density at radius 1 is 1.00 bits per heavy atom. The van der Waals surface area contributed by atoms with E-state index in [1.165, 1.54) is 12.0 Å². The molecule has 1 aromatic rings. The number of carbonyl (C=O) groups is 1. The first-order valence-corrected chi connectivity index (χ1v) is 15.9. The number of aliphatic hydroxyl groups excluding tert-OH is 1. The molecule has 0 saturated heterocycles. The zero-order valence-electron chi connectivity index (χ0n) is 25.7. The van der Waals surface area contributed by atoms with Gasteiger partial charge in [-0.05, 0) is 133 Å². The van der Waals surface area contributed by atoms with Crippen molar-refractivity contribution in [2.24, 2.45) is 56.7 Å². The van der Waals surface area contributed by atoms with E-state index in [1.54, 1.807) is 6.20 Å². The van der Waals surface area contributed by atoms with E-state index in [4.69, 9.17) is 0 Å². The molecule has 2 N–H and O–H groups in total. The van der Waals surface area contributed by atoms with Gasteiger partial charge in [0.2, 0.25) is 0 Å². The predicted octanol–water partition coefficient (Wildman–Crippen LogP) is 8.18. The minimum absolute atomic E-state index is 0.0858. The maximum atomic E-state index is 12.9. The lowest BCUT2D eigenvalue weighted by molar-refractivity contribution is -0.240. The largest absolute Gasteiger partial charge is 0.481 e. The molecular weight excluding hydrogens is 494 g/mol. The van der Waals surface area contributed by atoms with Gasteiger partial charge in [0.15, 0.2) is 0 Å². The maximum Gasteiger partial charge on any atom is 0.309 e. The topological polar surface area (TPSA) is 70.4 Å². The Morgan fingerprint density at radius 2 is 1.75 bits per heavy atom. The Labute approximate surface area is 241 Å². The van der Waals surface area contributed by atoms with Crippen LogP contribution in [0.1, 0.15) is 105 Å². The standard InChI is InChI=1S/C36H51NO3/c1-22(2)25-12-15-36(31(39)40)17-16-34(6)26(29(25)36)10-11-28-33(5)20-24(19-23-9-8-18-37-21-23)30(38)32(3,4)27(33)13-14-35(28,34)7/h8-9,18-19,21,25-30,38H,1,10-17,20H2,2-7H3,(H,39,40)/b24-19+/t25-,26+,27-,28+,29+,30-,33-,34+,35+,36-/m0/s1. The maximum absolute atomic E-state index is 12.9. The van der Waals surface area contributed by atoms with Crippen molar-refractivity contribution >= 4 is 12.0 Å². The van der Waals surface area contributed by atoms with E-state index in [-0.39, 0.29) is 27.6 Å². The molecule has 1 aromatic heterocycles. The number of pyridine rings is 1. The first-order chi connectivity index (χ1) is 18.7. The fraction of sp³-hybridized carbons (Fsp3) is 0.722. The first-order valence-electron chi connectivity index (χ1n) is 15.9. The van der Waals surface area contributed by atoms with Gasteiger partial charge in [-0.25, -0.2) is 0 Å². The monoisotopic (exact) mass is 545 g/mol. The fourth-order valence-corrected chi connectivity index (χ4v) is 12.4. The van der Waals surface area contributed by atoms with Crippen LogP contribution in [-0.4, -0.2) is 27.3 Å². The Morgan fingerprint density at radius 3 is 2.40 bits per heavy atom. The van der Waals surface area contributed by atoms with Gasteiger partial charge < -0.3 is 10.2 Å². The van der Waals surface area contributed by atoms with Gasteiger partial charge in [-0.1, -0.05) is 58.9 Å². The molecule has 0 unspecified atom stereocenters. The normalized spacial score (nSPS) is 48.4. The highest BCUT2D eigenvalue weighted by molar-refractivity contribution is 5.76. The van der Waals surface area contributed by atoms with E-state index in [0.717, 1.165) is 62.5 Å². The van der Waals surface area contributed by atoms with E-state index in [1.807, 2.05) is 12.3 Å². The molecule has 5 aliphatic rings. The highest BCUT2D eigenvalue weighted by atomic mass is 16.4. The van der Waals surface area contributed by atoms with E-state index in [9.17, 15) is 15.0 Å². The number of aliphatic carboxylic acids is 1. The Hall–Kier alpha value is -1.94. The summed E-state index contributed by atoms with van der Waals surface area (Å²) >= 11 is 0. The van der Waals surface area contributed by atoms with Crippen molar-refractivity contribution in [2.75, 3.05) is 0 Å². The molecule has 5 aliphatic carbocycles. The number of fused-ring (bicyclic) bond motifs is 7. The quantitative estimate of drug-likeness (QED) is 0.376. The van der Waals surface area contributed by atoms with Gasteiger partial charge in [0.25, 0.3) is 0 Å². The lowest BCUT2D eigenvalue weighted by Gasteiger charge is -2.72.